The number of nitrogens with one attached hydrogen (secondary N) is 2. The molecule has 0 spiro atoms. The lowest BCUT2D eigenvalue weighted by molar-refractivity contribution is 0.607. The van der Waals surface area contributed by atoms with Crippen LogP contribution < -0.4 is 10.6 Å². The molecular formula is C12H22N2S. The van der Waals surface area contributed by atoms with Crippen molar-refractivity contribution in [2.24, 2.45) is 5.92 Å². The lowest BCUT2D eigenvalue weighted by atomic mass is 10.2. The van der Waals surface area contributed by atoms with Crippen molar-refractivity contribution >= 4 is 17.3 Å². The molecule has 0 bridgehead atoms. The van der Waals surface area contributed by atoms with Crippen LogP contribution in [0.3, 0.4) is 0 Å². The summed E-state index contributed by atoms with van der Waals surface area (Å²) in [6.07, 6.45) is 10.9. The van der Waals surface area contributed by atoms with Crippen LogP contribution in [0.25, 0.3) is 0 Å². The van der Waals surface area contributed by atoms with Crippen LogP contribution in [0.1, 0.15) is 51.4 Å². The summed E-state index contributed by atoms with van der Waals surface area (Å²) in [6, 6.07) is 0.647. The van der Waals surface area contributed by atoms with Gasteiger partial charge >= 0.3 is 0 Å². The minimum absolute atomic E-state index is 0.647. The highest BCUT2D eigenvalue weighted by molar-refractivity contribution is 7.80. The fourth-order valence-electron chi connectivity index (χ4n) is 2.31. The number of rotatable bonds is 5. The molecule has 2 aliphatic rings. The maximum atomic E-state index is 5.26. The van der Waals surface area contributed by atoms with Crippen molar-refractivity contribution in [1.82, 2.24) is 10.6 Å². The maximum Gasteiger partial charge on any atom is 0.166 e. The number of hydrogen-bond acceptors (Lipinski definition) is 1. The van der Waals surface area contributed by atoms with Crippen LogP contribution >= 0.6 is 12.2 Å². The predicted molar refractivity (Wildman–Crippen MR) is 68.0 cm³/mol. The monoisotopic (exact) mass is 226 g/mol. The first-order valence-corrected chi connectivity index (χ1v) is 6.80. The van der Waals surface area contributed by atoms with E-state index < -0.39 is 0 Å². The molecule has 2 saturated carbocycles. The van der Waals surface area contributed by atoms with Crippen molar-refractivity contribution in [3.8, 4) is 0 Å². The van der Waals surface area contributed by atoms with Gasteiger partial charge < -0.3 is 10.6 Å². The fourth-order valence-corrected chi connectivity index (χ4v) is 2.57. The van der Waals surface area contributed by atoms with Gasteiger partial charge in [-0.3, -0.25) is 0 Å². The van der Waals surface area contributed by atoms with E-state index in [1.165, 1.54) is 51.4 Å². The molecule has 0 heterocycles. The molecular weight excluding hydrogens is 204 g/mol. The lowest BCUT2D eigenvalue weighted by Crippen LogP contribution is -2.40. The van der Waals surface area contributed by atoms with Gasteiger partial charge in [0.15, 0.2) is 5.11 Å². The van der Waals surface area contributed by atoms with E-state index in [-0.39, 0.29) is 0 Å². The minimum atomic E-state index is 0.647. The molecule has 0 saturated heterocycles. The van der Waals surface area contributed by atoms with Gasteiger partial charge in [0, 0.05) is 12.6 Å². The van der Waals surface area contributed by atoms with Gasteiger partial charge in [-0.05, 0) is 43.8 Å². The highest BCUT2D eigenvalue weighted by Crippen LogP contribution is 2.33. The Labute approximate surface area is 98.2 Å². The Balaban J connectivity index is 1.47. The molecule has 2 rings (SSSR count). The zero-order valence-electron chi connectivity index (χ0n) is 9.43. The van der Waals surface area contributed by atoms with Gasteiger partial charge in [-0.2, -0.15) is 0 Å². The molecule has 0 aromatic heterocycles. The molecule has 3 heteroatoms. The summed E-state index contributed by atoms with van der Waals surface area (Å²) in [5, 5.41) is 7.59. The van der Waals surface area contributed by atoms with E-state index in [9.17, 15) is 0 Å². The Kier molecular flexibility index (Phi) is 4.24. The molecule has 2 nitrogen and oxygen atoms in total. The largest absolute Gasteiger partial charge is 0.363 e. The Morgan fingerprint density at radius 3 is 2.53 bits per heavy atom. The first-order valence-electron chi connectivity index (χ1n) is 6.39. The molecule has 15 heavy (non-hydrogen) atoms. The van der Waals surface area contributed by atoms with Crippen LogP contribution in [0.2, 0.25) is 0 Å². The third kappa shape index (κ3) is 4.37. The van der Waals surface area contributed by atoms with Gasteiger partial charge in [-0.25, -0.2) is 0 Å². The van der Waals surface area contributed by atoms with Crippen molar-refractivity contribution in [2.75, 3.05) is 6.54 Å². The summed E-state index contributed by atoms with van der Waals surface area (Å²) in [5.74, 6) is 1.04. The van der Waals surface area contributed by atoms with Gasteiger partial charge in [0.05, 0.1) is 0 Å². The second-order valence-corrected chi connectivity index (χ2v) is 5.38. The number of thiocarbonyl (C=S) groups is 1. The quantitative estimate of drug-likeness (QED) is 0.556. The van der Waals surface area contributed by atoms with Crippen molar-refractivity contribution < 1.29 is 0 Å². The highest BCUT2D eigenvalue weighted by Gasteiger charge is 2.20. The Hall–Kier alpha value is -0.310. The molecule has 0 radical (unpaired) electrons. The van der Waals surface area contributed by atoms with Gasteiger partial charge in [-0.1, -0.05) is 25.7 Å². The van der Waals surface area contributed by atoms with E-state index in [1.807, 2.05) is 0 Å². The van der Waals surface area contributed by atoms with E-state index in [4.69, 9.17) is 12.2 Å². The summed E-state index contributed by atoms with van der Waals surface area (Å²) >= 11 is 5.26. The van der Waals surface area contributed by atoms with Crippen LogP contribution in [0.5, 0.6) is 0 Å². The standard InChI is InChI=1S/C12H22N2S/c15-12(14-11-5-1-2-6-11)13-9-3-4-10-7-8-10/h10-11H,1-9H2,(H2,13,14,15). The molecule has 0 unspecified atom stereocenters. The van der Waals surface area contributed by atoms with Crippen molar-refractivity contribution in [1.29, 1.82) is 0 Å². The summed E-state index contributed by atoms with van der Waals surface area (Å²) in [6.45, 7) is 1.05. The van der Waals surface area contributed by atoms with Crippen molar-refractivity contribution in [3.63, 3.8) is 0 Å². The highest BCUT2D eigenvalue weighted by atomic mass is 32.1. The Bertz CT molecular complexity index is 208. The second kappa shape index (κ2) is 5.69. The third-order valence-electron chi connectivity index (χ3n) is 3.46. The summed E-state index contributed by atoms with van der Waals surface area (Å²) in [7, 11) is 0. The zero-order chi connectivity index (χ0) is 10.5. The van der Waals surface area contributed by atoms with Crippen LogP contribution in [-0.2, 0) is 0 Å². The molecule has 0 aromatic rings. The van der Waals surface area contributed by atoms with Crippen molar-refractivity contribution in [2.45, 2.75) is 57.4 Å². The van der Waals surface area contributed by atoms with Crippen molar-refractivity contribution in [3.05, 3.63) is 0 Å². The molecule has 2 fully saturated rings. The van der Waals surface area contributed by atoms with E-state index in [0.717, 1.165) is 17.6 Å². The molecule has 0 amide bonds. The summed E-state index contributed by atoms with van der Waals surface area (Å²) < 4.78 is 0. The Morgan fingerprint density at radius 2 is 1.87 bits per heavy atom. The molecule has 2 aliphatic carbocycles. The van der Waals surface area contributed by atoms with E-state index in [0.29, 0.717) is 6.04 Å². The van der Waals surface area contributed by atoms with Gasteiger partial charge in [0.1, 0.15) is 0 Å². The van der Waals surface area contributed by atoms with E-state index in [2.05, 4.69) is 10.6 Å². The normalized spacial score (nSPS) is 21.6. The van der Waals surface area contributed by atoms with Crippen LogP contribution in [0.15, 0.2) is 0 Å². The summed E-state index contributed by atoms with van der Waals surface area (Å²) in [5.41, 5.74) is 0. The van der Waals surface area contributed by atoms with Gasteiger partial charge in [0.25, 0.3) is 0 Å². The minimum Gasteiger partial charge on any atom is -0.363 e. The second-order valence-electron chi connectivity index (χ2n) is 4.97. The average Bonchev–Trinajstić information content (AvgIpc) is 2.91. The molecule has 0 atom stereocenters. The molecule has 0 aliphatic heterocycles. The van der Waals surface area contributed by atoms with Crippen LogP contribution in [0, 0.1) is 5.92 Å². The first-order chi connectivity index (χ1) is 7.34. The maximum absolute atomic E-state index is 5.26. The number of hydrogen-bond donors (Lipinski definition) is 2. The molecule has 0 aromatic carbocycles. The average molecular weight is 226 g/mol. The Morgan fingerprint density at radius 1 is 1.13 bits per heavy atom. The smallest absolute Gasteiger partial charge is 0.166 e. The van der Waals surface area contributed by atoms with Crippen LogP contribution in [-0.4, -0.2) is 17.7 Å². The van der Waals surface area contributed by atoms with E-state index in [1.54, 1.807) is 0 Å². The molecule has 2 N–H and O–H groups in total. The zero-order valence-corrected chi connectivity index (χ0v) is 10.2. The lowest BCUT2D eigenvalue weighted by Gasteiger charge is -2.15. The van der Waals surface area contributed by atoms with E-state index >= 15 is 0 Å². The SMILES string of the molecule is S=C(NCCCC1CC1)NC1CCCC1. The third-order valence-corrected chi connectivity index (χ3v) is 3.72. The van der Waals surface area contributed by atoms with Crippen LogP contribution in [0.4, 0.5) is 0 Å². The first kappa shape index (κ1) is 11.2. The molecule has 86 valence electrons. The van der Waals surface area contributed by atoms with Gasteiger partial charge in [0.2, 0.25) is 0 Å². The predicted octanol–water partition coefficient (Wildman–Crippen LogP) is 2.58. The fraction of sp³-hybridized carbons (Fsp3) is 0.917. The topological polar surface area (TPSA) is 24.1 Å². The summed E-state index contributed by atoms with van der Waals surface area (Å²) in [4.78, 5) is 0. The van der Waals surface area contributed by atoms with Gasteiger partial charge in [-0.15, -0.1) is 0 Å².